The van der Waals surface area contributed by atoms with Crippen molar-refractivity contribution in [2.75, 3.05) is 7.11 Å². The molecule has 0 amide bonds. The molecular formula is C22H20N2O3S. The molecule has 5 nitrogen and oxygen atoms in total. The first-order valence-corrected chi connectivity index (χ1v) is 9.64. The topological polar surface area (TPSA) is 72.3 Å². The van der Waals surface area contributed by atoms with Crippen molar-refractivity contribution in [1.82, 2.24) is 9.97 Å². The second-order valence-corrected chi connectivity index (χ2v) is 7.01. The fourth-order valence-electron chi connectivity index (χ4n) is 2.74. The second kappa shape index (κ2) is 9.19. The Kier molecular flexibility index (Phi) is 6.45. The molecule has 142 valence electrons. The van der Waals surface area contributed by atoms with Crippen LogP contribution in [0.5, 0.6) is 0 Å². The highest BCUT2D eigenvalue weighted by molar-refractivity contribution is 7.98. The van der Waals surface area contributed by atoms with E-state index in [2.05, 4.69) is 9.97 Å². The van der Waals surface area contributed by atoms with Gasteiger partial charge < -0.3 is 9.84 Å². The lowest BCUT2D eigenvalue weighted by Crippen LogP contribution is -2.06. The van der Waals surface area contributed by atoms with Crippen molar-refractivity contribution in [3.8, 4) is 11.1 Å². The Hall–Kier alpha value is -3.12. The van der Waals surface area contributed by atoms with Crippen LogP contribution in [-0.4, -0.2) is 28.2 Å². The van der Waals surface area contributed by atoms with Crippen molar-refractivity contribution in [3.05, 3.63) is 84.1 Å². The van der Waals surface area contributed by atoms with Crippen molar-refractivity contribution < 1.29 is 14.6 Å². The Bertz CT molecular complexity index is 986. The Labute approximate surface area is 168 Å². The first-order valence-electron chi connectivity index (χ1n) is 8.66. The molecule has 1 aromatic heterocycles. The highest BCUT2D eigenvalue weighted by Crippen LogP contribution is 2.33. The molecule has 0 fully saturated rings. The van der Waals surface area contributed by atoms with Gasteiger partial charge in [-0.1, -0.05) is 48.5 Å². The standard InChI is InChI=1S/C22H20N2O3S/c1-15-7-6-10-18(19(13-25)22(26)27-2)21(15)28-14-20-23-11-17(12-24-20)16-8-4-3-5-9-16/h3-13,25H,14H2,1-2H3/b19-13+. The van der Waals surface area contributed by atoms with Gasteiger partial charge in [-0.05, 0) is 18.1 Å². The second-order valence-electron chi connectivity index (χ2n) is 6.03. The number of aromatic nitrogens is 2. The maximum Gasteiger partial charge on any atom is 0.341 e. The molecule has 0 atom stereocenters. The first-order chi connectivity index (χ1) is 13.6. The summed E-state index contributed by atoms with van der Waals surface area (Å²) in [6.07, 6.45) is 4.41. The lowest BCUT2D eigenvalue weighted by Gasteiger charge is -2.13. The first kappa shape index (κ1) is 19.6. The van der Waals surface area contributed by atoms with Crippen LogP contribution in [0.3, 0.4) is 0 Å². The molecule has 3 aromatic rings. The SMILES string of the molecule is COC(=O)/C(=C/O)c1cccc(C)c1SCc1ncc(-c2ccccc2)cn1. The predicted octanol–water partition coefficient (Wildman–Crippen LogP) is 4.82. The molecule has 0 bridgehead atoms. The monoisotopic (exact) mass is 392 g/mol. The number of thioether (sulfide) groups is 1. The zero-order valence-corrected chi connectivity index (χ0v) is 16.4. The van der Waals surface area contributed by atoms with E-state index in [1.165, 1.54) is 18.9 Å². The number of esters is 1. The molecular weight excluding hydrogens is 372 g/mol. The molecule has 3 rings (SSSR count). The maximum absolute atomic E-state index is 12.0. The van der Waals surface area contributed by atoms with E-state index in [-0.39, 0.29) is 5.57 Å². The molecule has 0 saturated heterocycles. The lowest BCUT2D eigenvalue weighted by atomic mass is 10.0. The van der Waals surface area contributed by atoms with Crippen LogP contribution < -0.4 is 0 Å². The van der Waals surface area contributed by atoms with E-state index in [9.17, 15) is 9.90 Å². The molecule has 1 N–H and O–H groups in total. The minimum atomic E-state index is -0.585. The van der Waals surface area contributed by atoms with E-state index >= 15 is 0 Å². The minimum Gasteiger partial charge on any atom is -0.515 e. The van der Waals surface area contributed by atoms with Crippen LogP contribution in [0, 0.1) is 6.92 Å². The van der Waals surface area contributed by atoms with Gasteiger partial charge >= 0.3 is 5.97 Å². The molecule has 0 unspecified atom stereocenters. The van der Waals surface area contributed by atoms with E-state index in [4.69, 9.17) is 4.74 Å². The highest BCUT2D eigenvalue weighted by atomic mass is 32.2. The molecule has 0 saturated carbocycles. The van der Waals surface area contributed by atoms with Crippen LogP contribution in [-0.2, 0) is 15.3 Å². The summed E-state index contributed by atoms with van der Waals surface area (Å²) in [5, 5.41) is 9.52. The number of nitrogens with zero attached hydrogens (tertiary/aromatic N) is 2. The summed E-state index contributed by atoms with van der Waals surface area (Å²) in [4.78, 5) is 21.8. The van der Waals surface area contributed by atoms with Crippen molar-refractivity contribution in [3.63, 3.8) is 0 Å². The van der Waals surface area contributed by atoms with Gasteiger partial charge in [0, 0.05) is 28.4 Å². The van der Waals surface area contributed by atoms with Gasteiger partial charge in [0.1, 0.15) is 11.4 Å². The number of aliphatic hydroxyl groups is 1. The van der Waals surface area contributed by atoms with Crippen LogP contribution in [0.25, 0.3) is 16.7 Å². The number of hydrogen-bond acceptors (Lipinski definition) is 6. The van der Waals surface area contributed by atoms with Crippen molar-refractivity contribution >= 4 is 23.3 Å². The zero-order chi connectivity index (χ0) is 19.9. The van der Waals surface area contributed by atoms with Crippen LogP contribution >= 0.6 is 11.8 Å². The largest absolute Gasteiger partial charge is 0.515 e. The lowest BCUT2D eigenvalue weighted by molar-refractivity contribution is -0.133. The van der Waals surface area contributed by atoms with Crippen LogP contribution in [0.4, 0.5) is 0 Å². The van der Waals surface area contributed by atoms with Gasteiger partial charge in [0.2, 0.25) is 0 Å². The summed E-state index contributed by atoms with van der Waals surface area (Å²) < 4.78 is 4.77. The molecule has 0 aliphatic carbocycles. The number of ether oxygens (including phenoxy) is 1. The predicted molar refractivity (Wildman–Crippen MR) is 111 cm³/mol. The molecule has 28 heavy (non-hydrogen) atoms. The smallest absolute Gasteiger partial charge is 0.341 e. The van der Waals surface area contributed by atoms with Gasteiger partial charge in [-0.2, -0.15) is 0 Å². The van der Waals surface area contributed by atoms with Gasteiger partial charge in [-0.15, -0.1) is 11.8 Å². The number of aryl methyl sites for hydroxylation is 1. The molecule has 0 aliphatic heterocycles. The quantitative estimate of drug-likeness (QED) is 0.281. The third kappa shape index (κ3) is 4.40. The number of rotatable bonds is 6. The number of aliphatic hydroxyl groups excluding tert-OH is 1. The molecule has 0 spiro atoms. The van der Waals surface area contributed by atoms with Gasteiger partial charge in [0.15, 0.2) is 0 Å². The highest BCUT2D eigenvalue weighted by Gasteiger charge is 2.18. The Morgan fingerprint density at radius 1 is 1.07 bits per heavy atom. The summed E-state index contributed by atoms with van der Waals surface area (Å²) >= 11 is 1.52. The van der Waals surface area contributed by atoms with E-state index in [0.717, 1.165) is 27.8 Å². The summed E-state index contributed by atoms with van der Waals surface area (Å²) in [6.45, 7) is 1.96. The van der Waals surface area contributed by atoms with Gasteiger partial charge in [-0.25, -0.2) is 14.8 Å². The summed E-state index contributed by atoms with van der Waals surface area (Å²) in [5.74, 6) is 0.636. The fraction of sp³-hybridized carbons (Fsp3) is 0.136. The third-order valence-electron chi connectivity index (χ3n) is 4.19. The van der Waals surface area contributed by atoms with Crippen molar-refractivity contribution in [2.24, 2.45) is 0 Å². The Morgan fingerprint density at radius 3 is 2.43 bits per heavy atom. The summed E-state index contributed by atoms with van der Waals surface area (Å²) in [6, 6.07) is 15.5. The van der Waals surface area contributed by atoms with Crippen LogP contribution in [0.1, 0.15) is 17.0 Å². The zero-order valence-electron chi connectivity index (χ0n) is 15.6. The van der Waals surface area contributed by atoms with Crippen molar-refractivity contribution in [2.45, 2.75) is 17.6 Å². The molecule has 2 aromatic carbocycles. The fourth-order valence-corrected chi connectivity index (χ4v) is 3.80. The van der Waals surface area contributed by atoms with Crippen molar-refractivity contribution in [1.29, 1.82) is 0 Å². The average Bonchev–Trinajstić information content (AvgIpc) is 2.74. The summed E-state index contributed by atoms with van der Waals surface area (Å²) in [5.41, 5.74) is 3.77. The Morgan fingerprint density at radius 2 is 1.79 bits per heavy atom. The number of benzene rings is 2. The normalized spacial score (nSPS) is 11.3. The minimum absolute atomic E-state index is 0.119. The third-order valence-corrected chi connectivity index (χ3v) is 5.43. The number of carbonyl (C=O) groups excluding carboxylic acids is 1. The van der Waals surface area contributed by atoms with Crippen LogP contribution in [0.2, 0.25) is 0 Å². The van der Waals surface area contributed by atoms with E-state index in [1.807, 2.05) is 61.8 Å². The number of methoxy groups -OCH3 is 1. The molecule has 0 radical (unpaired) electrons. The van der Waals surface area contributed by atoms with E-state index in [0.29, 0.717) is 17.1 Å². The van der Waals surface area contributed by atoms with Gasteiger partial charge in [-0.3, -0.25) is 0 Å². The average molecular weight is 392 g/mol. The summed E-state index contributed by atoms with van der Waals surface area (Å²) in [7, 11) is 1.29. The van der Waals surface area contributed by atoms with Gasteiger partial charge in [0.25, 0.3) is 0 Å². The Balaban J connectivity index is 1.80. The van der Waals surface area contributed by atoms with E-state index < -0.39 is 5.97 Å². The van der Waals surface area contributed by atoms with Crippen LogP contribution in [0.15, 0.2) is 72.1 Å². The molecule has 0 aliphatic rings. The number of hydrogen-bond donors (Lipinski definition) is 1. The molecule has 6 heteroatoms. The maximum atomic E-state index is 12.0. The van der Waals surface area contributed by atoms with Gasteiger partial charge in [0.05, 0.1) is 19.1 Å². The van der Waals surface area contributed by atoms with E-state index in [1.54, 1.807) is 6.07 Å². The number of carbonyl (C=O) groups is 1. The molecule has 1 heterocycles.